The molecule has 9 nitrogen and oxygen atoms in total. The Balaban J connectivity index is 0.00000625. The summed E-state index contributed by atoms with van der Waals surface area (Å²) in [6.45, 7) is -0.416. The first-order valence-corrected chi connectivity index (χ1v) is 7.80. The third kappa shape index (κ3) is 9.51. The zero-order chi connectivity index (χ0) is 18.7. The molecule has 0 saturated heterocycles. The smallest absolute Gasteiger partial charge is 0.341 e. The van der Waals surface area contributed by atoms with Crippen LogP contribution in [-0.2, 0) is 46.3 Å². The van der Waals surface area contributed by atoms with Crippen LogP contribution in [0.5, 0.6) is 5.75 Å². The van der Waals surface area contributed by atoms with Crippen molar-refractivity contribution in [3.63, 3.8) is 0 Å². The Labute approximate surface area is 172 Å². The van der Waals surface area contributed by atoms with Gasteiger partial charge in [0.2, 0.25) is 0 Å². The van der Waals surface area contributed by atoms with Gasteiger partial charge in [-0.05, 0) is 38.4 Å². The van der Waals surface area contributed by atoms with Crippen LogP contribution in [0, 0.1) is 0 Å². The maximum atomic E-state index is 10.5. The molecule has 3 N–H and O–H groups in total. The van der Waals surface area contributed by atoms with Crippen LogP contribution >= 0.6 is 0 Å². The number of nitrogens with zero attached hydrogens (tertiary/aromatic N) is 4. The summed E-state index contributed by atoms with van der Waals surface area (Å²) in [4.78, 5) is 10.5. The molecule has 145 valence electrons. The minimum Gasteiger partial charge on any atom is -0.515 e. The zero-order valence-corrected chi connectivity index (χ0v) is 16.6. The van der Waals surface area contributed by atoms with Crippen LogP contribution in [0.2, 0.25) is 0 Å². The minimum atomic E-state index is -1.05. The maximum Gasteiger partial charge on any atom is 0.341 e. The van der Waals surface area contributed by atoms with Crippen molar-refractivity contribution in [3.05, 3.63) is 40.7 Å². The number of aliphatic carboxylic acids is 1. The molecular formula is C14H18CuN6O3S2. The molecule has 0 heterocycles. The van der Waals surface area contributed by atoms with Crippen molar-refractivity contribution < 1.29 is 31.7 Å². The predicted molar refractivity (Wildman–Crippen MR) is 107 cm³/mol. The van der Waals surface area contributed by atoms with Crippen LogP contribution in [0.15, 0.2) is 34.5 Å². The van der Waals surface area contributed by atoms with E-state index in [2.05, 4.69) is 56.1 Å². The average molecular weight is 446 g/mol. The van der Waals surface area contributed by atoms with E-state index in [9.17, 15) is 4.79 Å². The van der Waals surface area contributed by atoms with E-state index >= 15 is 0 Å². The molecule has 1 aromatic carbocycles. The van der Waals surface area contributed by atoms with Crippen LogP contribution < -0.4 is 15.4 Å². The van der Waals surface area contributed by atoms with E-state index in [1.165, 1.54) is 6.21 Å². The molecule has 0 amide bonds. The molecule has 12 heteroatoms. The van der Waals surface area contributed by atoms with E-state index in [0.717, 1.165) is 0 Å². The molecule has 26 heavy (non-hydrogen) atoms. The number of carboxylic acid groups (broad SMARTS) is 1. The molecular weight excluding hydrogens is 428 g/mol. The number of hydrogen-bond acceptors (Lipinski definition) is 4. The molecule has 0 unspecified atom stereocenters. The molecule has 0 aliphatic rings. The molecule has 0 aliphatic carbocycles. The van der Waals surface area contributed by atoms with Crippen molar-refractivity contribution in [1.82, 2.24) is 10.6 Å². The molecule has 1 rings (SSSR count). The summed E-state index contributed by atoms with van der Waals surface area (Å²) >= 11 is 8.13. The molecule has 0 bridgehead atoms. The van der Waals surface area contributed by atoms with Crippen molar-refractivity contribution in [2.24, 2.45) is 10.2 Å². The Hall–Kier alpha value is -1.95. The molecule has 0 fully saturated rings. The van der Waals surface area contributed by atoms with Crippen LogP contribution in [0.4, 0.5) is 0 Å². The molecule has 1 radical (unpaired) electrons. The van der Waals surface area contributed by atoms with E-state index in [1.54, 1.807) is 38.4 Å². The number of thiol groups is 2. The second kappa shape index (κ2) is 13.3. The largest absolute Gasteiger partial charge is 0.515 e. The summed E-state index contributed by atoms with van der Waals surface area (Å²) < 4.78 is 5.08. The van der Waals surface area contributed by atoms with Gasteiger partial charge in [0.05, 0.1) is 5.71 Å². The standard InChI is InChI=1S/C14H18N6O3S2.Cu/c1-15-13(24)19-17-7-11(18-20-14(25)16-2)9-3-5-10(6-4-9)23-8-12(21)22;/h3-7H,8H2,1-2H3,(H5,15,16,17,18,19,20,21,22,24,25);. The predicted octanol–water partition coefficient (Wildman–Crippen LogP) is -0.243. The van der Waals surface area contributed by atoms with Gasteiger partial charge in [0.15, 0.2) is 41.3 Å². The Kier molecular flexibility index (Phi) is 12.3. The van der Waals surface area contributed by atoms with Crippen molar-refractivity contribution >= 4 is 52.6 Å². The molecule has 1 aromatic rings. The normalized spacial score (nSPS) is 10.8. The van der Waals surface area contributed by atoms with Crippen LogP contribution in [0.25, 0.3) is 10.9 Å². The summed E-state index contributed by atoms with van der Waals surface area (Å²) in [5.41, 5.74) is 8.78. The van der Waals surface area contributed by atoms with Gasteiger partial charge in [0, 0.05) is 28.8 Å². The molecule has 0 aliphatic heterocycles. The van der Waals surface area contributed by atoms with Crippen LogP contribution in [0.1, 0.15) is 5.56 Å². The number of carbonyl (C=O) groups is 1. The summed E-state index contributed by atoms with van der Waals surface area (Å²) in [6.07, 6.45) is 1.40. The number of ether oxygens (including phenoxy) is 1. The fourth-order valence-corrected chi connectivity index (χ4v) is 1.46. The molecule has 0 aromatic heterocycles. The second-order valence-electron chi connectivity index (χ2n) is 4.28. The average Bonchev–Trinajstić information content (AvgIpc) is 2.62. The number of hydrogen-bond donors (Lipinski definition) is 3. The van der Waals surface area contributed by atoms with Gasteiger partial charge < -0.3 is 30.9 Å². The molecule has 0 atom stereocenters. The number of rotatable bonds is 7. The van der Waals surface area contributed by atoms with Gasteiger partial charge in [-0.2, -0.15) is 0 Å². The monoisotopic (exact) mass is 445 g/mol. The van der Waals surface area contributed by atoms with E-state index < -0.39 is 12.6 Å². The molecule has 0 saturated carbocycles. The van der Waals surface area contributed by atoms with Gasteiger partial charge >= 0.3 is 5.97 Å². The van der Waals surface area contributed by atoms with Crippen molar-refractivity contribution in [1.29, 1.82) is 0 Å². The van der Waals surface area contributed by atoms with Crippen LogP contribution in [-0.4, -0.2) is 53.9 Å². The Morgan fingerprint density at radius 2 is 1.77 bits per heavy atom. The SMILES string of the molecule is CNC(=[SH+])[N-]N=CC(=N[N-]C(=[SH+])NC)c1ccc(OCC(=O)O)cc1.[Cu]. The van der Waals surface area contributed by atoms with Crippen molar-refractivity contribution in [2.45, 2.75) is 0 Å². The van der Waals surface area contributed by atoms with Gasteiger partial charge in [-0.3, -0.25) is 10.6 Å². The Morgan fingerprint density at radius 3 is 2.31 bits per heavy atom. The summed E-state index contributed by atoms with van der Waals surface area (Å²) in [5.74, 6) is -0.631. The van der Waals surface area contributed by atoms with Crippen molar-refractivity contribution in [2.75, 3.05) is 20.7 Å². The van der Waals surface area contributed by atoms with Crippen molar-refractivity contribution in [3.8, 4) is 5.75 Å². The summed E-state index contributed by atoms with van der Waals surface area (Å²) in [7, 11) is 3.32. The third-order valence-corrected chi connectivity index (χ3v) is 3.17. The van der Waals surface area contributed by atoms with Gasteiger partial charge in [-0.25, -0.2) is 4.79 Å². The molecule has 0 spiro atoms. The topological polar surface area (TPSA) is 124 Å². The van der Waals surface area contributed by atoms with Gasteiger partial charge in [0.1, 0.15) is 5.75 Å². The Bertz CT molecular complexity index is 682. The first-order valence-electron chi connectivity index (χ1n) is 6.91. The van der Waals surface area contributed by atoms with Gasteiger partial charge in [-0.1, -0.05) is 0 Å². The minimum absolute atomic E-state index is 0. The third-order valence-electron chi connectivity index (χ3n) is 2.54. The number of benzene rings is 1. The summed E-state index contributed by atoms with van der Waals surface area (Å²) in [5, 5.41) is 22.6. The van der Waals surface area contributed by atoms with Crippen LogP contribution in [0.3, 0.4) is 0 Å². The van der Waals surface area contributed by atoms with E-state index in [1.807, 2.05) is 0 Å². The van der Waals surface area contributed by atoms with E-state index in [4.69, 9.17) is 9.84 Å². The first-order chi connectivity index (χ1) is 12.0. The first kappa shape index (κ1) is 24.0. The number of carboxylic acids is 1. The zero-order valence-electron chi connectivity index (χ0n) is 13.8. The summed E-state index contributed by atoms with van der Waals surface area (Å²) in [6, 6.07) is 6.62. The van der Waals surface area contributed by atoms with Gasteiger partial charge in [-0.15, -0.1) is 0 Å². The quantitative estimate of drug-likeness (QED) is 0.133. The number of nitrogens with one attached hydrogen (secondary N) is 2. The van der Waals surface area contributed by atoms with E-state index in [0.29, 0.717) is 27.2 Å². The fraction of sp³-hybridized carbons (Fsp3) is 0.214. The Morgan fingerprint density at radius 1 is 1.19 bits per heavy atom. The van der Waals surface area contributed by atoms with E-state index in [-0.39, 0.29) is 17.1 Å². The fourth-order valence-electron chi connectivity index (χ4n) is 1.36. The maximum absolute atomic E-state index is 10.5. The second-order valence-corrected chi connectivity index (χ2v) is 5.13. The van der Waals surface area contributed by atoms with Gasteiger partial charge in [0.25, 0.3) is 0 Å².